The molecular formula is C17H22BrN5O2. The summed E-state index contributed by atoms with van der Waals surface area (Å²) in [7, 11) is 0. The van der Waals surface area contributed by atoms with E-state index in [0.717, 1.165) is 48.2 Å². The van der Waals surface area contributed by atoms with Gasteiger partial charge in [0.15, 0.2) is 0 Å². The molecule has 2 heterocycles. The highest BCUT2D eigenvalue weighted by Gasteiger charge is 2.16. The third kappa shape index (κ3) is 4.87. The number of anilines is 1. The second-order valence-corrected chi connectivity index (χ2v) is 6.91. The van der Waals surface area contributed by atoms with Crippen molar-refractivity contribution in [3.63, 3.8) is 0 Å². The highest BCUT2D eigenvalue weighted by molar-refractivity contribution is 9.10. The number of halogens is 1. The van der Waals surface area contributed by atoms with Crippen molar-refractivity contribution in [1.29, 1.82) is 0 Å². The van der Waals surface area contributed by atoms with Crippen LogP contribution in [0.4, 0.5) is 5.82 Å². The van der Waals surface area contributed by atoms with Gasteiger partial charge < -0.3 is 15.4 Å². The summed E-state index contributed by atoms with van der Waals surface area (Å²) in [6.07, 6.45) is 1.50. The Labute approximate surface area is 155 Å². The molecule has 1 aromatic heterocycles. The van der Waals surface area contributed by atoms with Gasteiger partial charge in [-0.1, -0.05) is 15.9 Å². The van der Waals surface area contributed by atoms with E-state index < -0.39 is 0 Å². The Morgan fingerprint density at radius 1 is 1.36 bits per heavy atom. The fraction of sp³-hybridized carbons (Fsp3) is 0.471. The summed E-state index contributed by atoms with van der Waals surface area (Å²) in [4.78, 5) is 23.1. The van der Waals surface area contributed by atoms with Crippen LogP contribution in [0.3, 0.4) is 0 Å². The van der Waals surface area contributed by atoms with Gasteiger partial charge in [-0.25, -0.2) is 9.97 Å². The van der Waals surface area contributed by atoms with Gasteiger partial charge >= 0.3 is 0 Å². The Kier molecular flexibility index (Phi) is 6.17. The fourth-order valence-electron chi connectivity index (χ4n) is 2.73. The van der Waals surface area contributed by atoms with Crippen LogP contribution in [0.5, 0.6) is 0 Å². The highest BCUT2D eigenvalue weighted by Crippen LogP contribution is 2.23. The quantitative estimate of drug-likeness (QED) is 0.757. The molecule has 1 fully saturated rings. The molecule has 1 aromatic carbocycles. The number of nitrogens with one attached hydrogen (secondary N) is 2. The Bertz CT molecular complexity index is 736. The first-order valence-corrected chi connectivity index (χ1v) is 9.17. The molecule has 25 heavy (non-hydrogen) atoms. The number of hydrogen-bond donors (Lipinski definition) is 2. The molecule has 7 nitrogen and oxygen atoms in total. The molecule has 0 spiro atoms. The van der Waals surface area contributed by atoms with Gasteiger partial charge in [0.25, 0.3) is 0 Å². The maximum absolute atomic E-state index is 12.3. The second kappa shape index (κ2) is 8.55. The SMILES string of the molecule is C[C@H](Nc1ncnc2ccc(Br)cc12)C(=O)NCCN1CCOCC1. The molecule has 2 N–H and O–H groups in total. The molecule has 1 saturated heterocycles. The minimum Gasteiger partial charge on any atom is -0.379 e. The van der Waals surface area contributed by atoms with Crippen LogP contribution < -0.4 is 10.6 Å². The van der Waals surface area contributed by atoms with Gasteiger partial charge in [-0.05, 0) is 25.1 Å². The minimum absolute atomic E-state index is 0.0463. The number of ether oxygens (including phenoxy) is 1. The summed E-state index contributed by atoms with van der Waals surface area (Å²) in [5.41, 5.74) is 0.834. The van der Waals surface area contributed by atoms with Crippen LogP contribution in [-0.4, -0.2) is 66.2 Å². The third-order valence-electron chi connectivity index (χ3n) is 4.17. The van der Waals surface area contributed by atoms with Crippen LogP contribution in [0.2, 0.25) is 0 Å². The average molecular weight is 408 g/mol. The summed E-state index contributed by atoms with van der Waals surface area (Å²) in [5, 5.41) is 7.04. The number of aromatic nitrogens is 2. The van der Waals surface area contributed by atoms with Gasteiger partial charge in [0.2, 0.25) is 5.91 Å². The zero-order valence-corrected chi connectivity index (χ0v) is 15.8. The zero-order valence-electron chi connectivity index (χ0n) is 14.2. The van der Waals surface area contributed by atoms with Gasteiger partial charge in [0.05, 0.1) is 18.7 Å². The van der Waals surface area contributed by atoms with Crippen molar-refractivity contribution in [3.05, 3.63) is 29.0 Å². The lowest BCUT2D eigenvalue weighted by atomic mass is 10.2. The van der Waals surface area contributed by atoms with E-state index in [1.165, 1.54) is 6.33 Å². The number of hydrogen-bond acceptors (Lipinski definition) is 6. The summed E-state index contributed by atoms with van der Waals surface area (Å²) in [5.74, 6) is 0.608. The molecule has 134 valence electrons. The third-order valence-corrected chi connectivity index (χ3v) is 4.67. The molecule has 1 amide bonds. The van der Waals surface area contributed by atoms with E-state index in [4.69, 9.17) is 4.74 Å². The number of carbonyl (C=O) groups excluding carboxylic acids is 1. The van der Waals surface area contributed by atoms with Crippen LogP contribution in [0.15, 0.2) is 29.0 Å². The van der Waals surface area contributed by atoms with Gasteiger partial charge in [0, 0.05) is 36.0 Å². The predicted molar refractivity (Wildman–Crippen MR) is 101 cm³/mol. The van der Waals surface area contributed by atoms with E-state index in [1.54, 1.807) is 0 Å². The van der Waals surface area contributed by atoms with Crippen molar-refractivity contribution in [2.24, 2.45) is 0 Å². The fourth-order valence-corrected chi connectivity index (χ4v) is 3.09. The van der Waals surface area contributed by atoms with E-state index in [-0.39, 0.29) is 11.9 Å². The lowest BCUT2D eigenvalue weighted by Gasteiger charge is -2.26. The topological polar surface area (TPSA) is 79.4 Å². The smallest absolute Gasteiger partial charge is 0.242 e. The van der Waals surface area contributed by atoms with E-state index in [2.05, 4.69) is 41.4 Å². The minimum atomic E-state index is -0.387. The van der Waals surface area contributed by atoms with E-state index >= 15 is 0 Å². The molecule has 8 heteroatoms. The monoisotopic (exact) mass is 407 g/mol. The van der Waals surface area contributed by atoms with Crippen LogP contribution in [0.1, 0.15) is 6.92 Å². The number of amides is 1. The maximum Gasteiger partial charge on any atom is 0.242 e. The van der Waals surface area contributed by atoms with Gasteiger partial charge in [0.1, 0.15) is 18.2 Å². The standard InChI is InChI=1S/C17H22BrN5O2/c1-12(17(24)19-4-5-23-6-8-25-9-7-23)22-16-14-10-13(18)2-3-15(14)20-11-21-16/h2-3,10-12H,4-9H2,1H3,(H,19,24)(H,20,21,22)/t12-/m0/s1. The molecule has 0 aliphatic carbocycles. The van der Waals surface area contributed by atoms with Gasteiger partial charge in [-0.2, -0.15) is 0 Å². The molecular weight excluding hydrogens is 386 g/mol. The van der Waals surface area contributed by atoms with Crippen LogP contribution >= 0.6 is 15.9 Å². The van der Waals surface area contributed by atoms with E-state index in [1.807, 2.05) is 25.1 Å². The highest BCUT2D eigenvalue weighted by atomic mass is 79.9. The molecule has 3 rings (SSSR count). The van der Waals surface area contributed by atoms with Crippen molar-refractivity contribution < 1.29 is 9.53 Å². The van der Waals surface area contributed by atoms with Crippen LogP contribution in [0, 0.1) is 0 Å². The maximum atomic E-state index is 12.3. The number of benzene rings is 1. The van der Waals surface area contributed by atoms with E-state index in [0.29, 0.717) is 12.4 Å². The first-order valence-electron chi connectivity index (χ1n) is 8.38. The summed E-state index contributed by atoms with van der Waals surface area (Å²) >= 11 is 3.46. The zero-order chi connectivity index (χ0) is 17.6. The van der Waals surface area contributed by atoms with Crippen molar-refractivity contribution in [2.45, 2.75) is 13.0 Å². The Morgan fingerprint density at radius 3 is 2.96 bits per heavy atom. The van der Waals surface area contributed by atoms with Gasteiger partial charge in [-0.3, -0.25) is 9.69 Å². The first kappa shape index (κ1) is 18.0. The number of carbonyl (C=O) groups is 1. The van der Waals surface area contributed by atoms with Crippen molar-refractivity contribution in [2.75, 3.05) is 44.7 Å². The molecule has 0 unspecified atom stereocenters. The first-order chi connectivity index (χ1) is 12.1. The normalized spacial score (nSPS) is 16.6. The molecule has 2 aromatic rings. The molecule has 1 aliphatic heterocycles. The summed E-state index contributed by atoms with van der Waals surface area (Å²) in [6, 6.07) is 5.41. The van der Waals surface area contributed by atoms with Crippen LogP contribution in [0.25, 0.3) is 10.9 Å². The number of rotatable bonds is 6. The number of morpholine rings is 1. The molecule has 0 saturated carbocycles. The predicted octanol–water partition coefficient (Wildman–Crippen LogP) is 1.64. The van der Waals surface area contributed by atoms with Crippen LogP contribution in [-0.2, 0) is 9.53 Å². The Morgan fingerprint density at radius 2 is 2.16 bits per heavy atom. The number of fused-ring (bicyclic) bond motifs is 1. The Hall–Kier alpha value is -1.77. The molecule has 1 atom stereocenters. The lowest BCUT2D eigenvalue weighted by Crippen LogP contribution is -2.44. The largest absolute Gasteiger partial charge is 0.379 e. The van der Waals surface area contributed by atoms with Crippen molar-refractivity contribution >= 4 is 38.6 Å². The Balaban J connectivity index is 1.55. The molecule has 0 radical (unpaired) electrons. The van der Waals surface area contributed by atoms with Gasteiger partial charge in [-0.15, -0.1) is 0 Å². The number of nitrogens with zero attached hydrogens (tertiary/aromatic N) is 3. The summed E-state index contributed by atoms with van der Waals surface area (Å²) < 4.78 is 6.27. The summed E-state index contributed by atoms with van der Waals surface area (Å²) in [6.45, 7) is 6.67. The molecule has 1 aliphatic rings. The van der Waals surface area contributed by atoms with Crippen molar-refractivity contribution in [3.8, 4) is 0 Å². The lowest BCUT2D eigenvalue weighted by molar-refractivity contribution is -0.121. The van der Waals surface area contributed by atoms with E-state index in [9.17, 15) is 4.79 Å². The van der Waals surface area contributed by atoms with Crippen molar-refractivity contribution in [1.82, 2.24) is 20.2 Å². The second-order valence-electron chi connectivity index (χ2n) is 5.99. The average Bonchev–Trinajstić information content (AvgIpc) is 2.63. The molecule has 0 bridgehead atoms.